The van der Waals surface area contributed by atoms with E-state index in [0.29, 0.717) is 18.4 Å². The van der Waals surface area contributed by atoms with Crippen molar-refractivity contribution in [2.45, 2.75) is 26.2 Å². The monoisotopic (exact) mass is 269 g/mol. The summed E-state index contributed by atoms with van der Waals surface area (Å²) in [6, 6.07) is 4.72. The number of benzene rings is 1. The Hall–Kier alpha value is -1.62. The fourth-order valence-corrected chi connectivity index (χ4v) is 2.23. The number of hydrogen-bond acceptors (Lipinski definition) is 3. The molecular weight excluding hydrogens is 249 g/mol. The smallest absolute Gasteiger partial charge is 0.311 e. The van der Waals surface area contributed by atoms with Gasteiger partial charge in [-0.25, -0.2) is 4.39 Å². The van der Waals surface area contributed by atoms with Crippen LogP contribution in [-0.4, -0.2) is 24.7 Å². The van der Waals surface area contributed by atoms with E-state index in [1.54, 1.807) is 12.1 Å². The minimum Gasteiger partial charge on any atom is -0.494 e. The zero-order chi connectivity index (χ0) is 14.5. The first kappa shape index (κ1) is 15.4. The number of rotatable bonds is 7. The van der Waals surface area contributed by atoms with E-state index in [1.165, 1.54) is 13.2 Å². The third kappa shape index (κ3) is 3.23. The van der Waals surface area contributed by atoms with Crippen LogP contribution in [0.3, 0.4) is 0 Å². The molecule has 0 saturated heterocycles. The first-order valence-electron chi connectivity index (χ1n) is 6.25. The number of methoxy groups -OCH3 is 1. The van der Waals surface area contributed by atoms with Crippen molar-refractivity contribution in [3.63, 3.8) is 0 Å². The van der Waals surface area contributed by atoms with Gasteiger partial charge in [-0.05, 0) is 24.5 Å². The fraction of sp³-hybridized carbons (Fsp3) is 0.500. The molecule has 0 bridgehead atoms. The van der Waals surface area contributed by atoms with Crippen LogP contribution in [0.4, 0.5) is 4.39 Å². The van der Waals surface area contributed by atoms with E-state index >= 15 is 0 Å². The van der Waals surface area contributed by atoms with Gasteiger partial charge in [0, 0.05) is 6.54 Å². The largest absolute Gasteiger partial charge is 0.494 e. The molecule has 3 N–H and O–H groups in total. The number of hydrogen-bond donors (Lipinski definition) is 2. The predicted octanol–water partition coefficient (Wildman–Crippen LogP) is 2.21. The van der Waals surface area contributed by atoms with E-state index in [-0.39, 0.29) is 18.7 Å². The van der Waals surface area contributed by atoms with Gasteiger partial charge in [0.05, 0.1) is 12.5 Å². The first-order valence-corrected chi connectivity index (χ1v) is 6.25. The third-order valence-electron chi connectivity index (χ3n) is 3.36. The van der Waals surface area contributed by atoms with Crippen LogP contribution in [0.25, 0.3) is 0 Å². The van der Waals surface area contributed by atoms with Crippen LogP contribution in [0.1, 0.15) is 25.3 Å². The number of halogens is 1. The van der Waals surface area contributed by atoms with Crippen molar-refractivity contribution in [1.29, 1.82) is 0 Å². The highest BCUT2D eigenvalue weighted by molar-refractivity contribution is 5.75. The van der Waals surface area contributed by atoms with Gasteiger partial charge in [-0.15, -0.1) is 0 Å². The van der Waals surface area contributed by atoms with Crippen LogP contribution in [0.5, 0.6) is 5.75 Å². The van der Waals surface area contributed by atoms with Crippen LogP contribution in [0.15, 0.2) is 18.2 Å². The molecule has 0 spiro atoms. The zero-order valence-electron chi connectivity index (χ0n) is 11.3. The van der Waals surface area contributed by atoms with Crippen molar-refractivity contribution in [3.05, 3.63) is 29.6 Å². The minimum absolute atomic E-state index is 0.0210. The highest BCUT2D eigenvalue weighted by Gasteiger charge is 2.37. The molecule has 106 valence electrons. The summed E-state index contributed by atoms with van der Waals surface area (Å²) in [5.74, 6) is -1.38. The Bertz CT molecular complexity index is 450. The van der Waals surface area contributed by atoms with E-state index in [2.05, 4.69) is 0 Å². The maximum absolute atomic E-state index is 14.1. The van der Waals surface area contributed by atoms with Gasteiger partial charge in [0.2, 0.25) is 0 Å². The number of nitrogens with two attached hydrogens (primary N) is 1. The van der Waals surface area contributed by atoms with Crippen LogP contribution < -0.4 is 10.5 Å². The first-order chi connectivity index (χ1) is 9.00. The topological polar surface area (TPSA) is 72.5 Å². The van der Waals surface area contributed by atoms with E-state index < -0.39 is 17.2 Å². The zero-order valence-corrected chi connectivity index (χ0v) is 11.3. The molecule has 0 aliphatic carbocycles. The van der Waals surface area contributed by atoms with Gasteiger partial charge in [0.15, 0.2) is 11.6 Å². The fourth-order valence-electron chi connectivity index (χ4n) is 2.23. The molecule has 4 nitrogen and oxygen atoms in total. The number of aliphatic carboxylic acids is 1. The Morgan fingerprint density at radius 3 is 2.68 bits per heavy atom. The number of carboxylic acid groups (broad SMARTS) is 1. The molecule has 0 fully saturated rings. The molecule has 1 rings (SSSR count). The maximum atomic E-state index is 14.1. The van der Waals surface area contributed by atoms with Gasteiger partial charge in [0.25, 0.3) is 0 Å². The number of carbonyl (C=O) groups is 1. The summed E-state index contributed by atoms with van der Waals surface area (Å²) < 4.78 is 19.0. The lowest BCUT2D eigenvalue weighted by Gasteiger charge is -2.28. The molecule has 0 radical (unpaired) electrons. The molecule has 0 aliphatic rings. The summed E-state index contributed by atoms with van der Waals surface area (Å²) in [5.41, 5.74) is 4.83. The van der Waals surface area contributed by atoms with E-state index in [4.69, 9.17) is 10.5 Å². The van der Waals surface area contributed by atoms with Crippen LogP contribution >= 0.6 is 0 Å². The molecule has 0 aliphatic heterocycles. The van der Waals surface area contributed by atoms with E-state index in [1.807, 2.05) is 6.92 Å². The average molecular weight is 269 g/mol. The summed E-state index contributed by atoms with van der Waals surface area (Å²) in [5, 5.41) is 9.40. The molecule has 0 heterocycles. The number of ether oxygens (including phenoxy) is 1. The van der Waals surface area contributed by atoms with Gasteiger partial charge in [-0.3, -0.25) is 4.79 Å². The summed E-state index contributed by atoms with van der Waals surface area (Å²) in [4.78, 5) is 11.5. The van der Waals surface area contributed by atoms with Gasteiger partial charge in [-0.1, -0.05) is 25.5 Å². The van der Waals surface area contributed by atoms with Crippen molar-refractivity contribution in [2.75, 3.05) is 13.7 Å². The molecule has 1 aromatic rings. The van der Waals surface area contributed by atoms with Gasteiger partial charge in [-0.2, -0.15) is 0 Å². The van der Waals surface area contributed by atoms with Crippen LogP contribution in [-0.2, 0) is 11.2 Å². The van der Waals surface area contributed by atoms with E-state index in [0.717, 1.165) is 0 Å². The summed E-state index contributed by atoms with van der Waals surface area (Å²) >= 11 is 0. The second kappa shape index (κ2) is 6.52. The third-order valence-corrected chi connectivity index (χ3v) is 3.36. The quantitative estimate of drug-likeness (QED) is 0.796. The summed E-state index contributed by atoms with van der Waals surface area (Å²) in [6.45, 7) is 1.86. The van der Waals surface area contributed by atoms with Crippen molar-refractivity contribution >= 4 is 5.97 Å². The van der Waals surface area contributed by atoms with Crippen molar-refractivity contribution in [3.8, 4) is 5.75 Å². The van der Waals surface area contributed by atoms with Crippen molar-refractivity contribution < 1.29 is 19.0 Å². The molecular formula is C14H20FNO3. The molecule has 0 saturated carbocycles. The normalized spacial score (nSPS) is 13.9. The molecule has 0 amide bonds. The van der Waals surface area contributed by atoms with E-state index in [9.17, 15) is 14.3 Å². The Kier molecular flexibility index (Phi) is 5.30. The highest BCUT2D eigenvalue weighted by Crippen LogP contribution is 2.31. The Balaban J connectivity index is 3.13. The molecule has 1 atom stereocenters. The molecule has 5 heteroatoms. The molecule has 1 aromatic carbocycles. The molecule has 1 unspecified atom stereocenters. The predicted molar refractivity (Wildman–Crippen MR) is 70.7 cm³/mol. The molecule has 19 heavy (non-hydrogen) atoms. The standard InChI is InChI=1S/C14H20FNO3/c1-3-7-14(9-16,13(17)18)8-10-5-4-6-11(19-2)12(10)15/h4-6H,3,7-9,16H2,1-2H3,(H,17,18). The lowest BCUT2D eigenvalue weighted by atomic mass is 9.78. The Labute approximate surface area is 112 Å². The lowest BCUT2D eigenvalue weighted by Crippen LogP contribution is -2.40. The van der Waals surface area contributed by atoms with Crippen LogP contribution in [0, 0.1) is 11.2 Å². The van der Waals surface area contributed by atoms with Crippen molar-refractivity contribution in [2.24, 2.45) is 11.1 Å². The van der Waals surface area contributed by atoms with Gasteiger partial charge in [0.1, 0.15) is 0 Å². The Morgan fingerprint density at radius 2 is 2.21 bits per heavy atom. The van der Waals surface area contributed by atoms with Gasteiger partial charge < -0.3 is 15.6 Å². The van der Waals surface area contributed by atoms with Crippen LogP contribution in [0.2, 0.25) is 0 Å². The molecule has 0 aromatic heterocycles. The van der Waals surface area contributed by atoms with Crippen molar-refractivity contribution in [1.82, 2.24) is 0 Å². The Morgan fingerprint density at radius 1 is 1.53 bits per heavy atom. The average Bonchev–Trinajstić information content (AvgIpc) is 2.40. The highest BCUT2D eigenvalue weighted by atomic mass is 19.1. The van der Waals surface area contributed by atoms with Gasteiger partial charge >= 0.3 is 5.97 Å². The summed E-state index contributed by atoms with van der Waals surface area (Å²) in [6.07, 6.45) is 1.15. The lowest BCUT2D eigenvalue weighted by molar-refractivity contribution is -0.148. The SMILES string of the molecule is CCCC(CN)(Cc1cccc(OC)c1F)C(=O)O. The minimum atomic E-state index is -1.12. The number of carboxylic acids is 1. The second-order valence-electron chi connectivity index (χ2n) is 4.65. The second-order valence-corrected chi connectivity index (χ2v) is 4.65. The maximum Gasteiger partial charge on any atom is 0.311 e. The summed E-state index contributed by atoms with van der Waals surface area (Å²) in [7, 11) is 1.38.